The summed E-state index contributed by atoms with van der Waals surface area (Å²) in [4.78, 5) is 2.47. The van der Waals surface area contributed by atoms with Crippen molar-refractivity contribution in [3.05, 3.63) is 188 Å². The molecule has 0 atom stereocenters. The van der Waals surface area contributed by atoms with Crippen molar-refractivity contribution in [3.8, 4) is 11.1 Å². The first-order valence-electron chi connectivity index (χ1n) is 19.2. The van der Waals surface area contributed by atoms with Crippen molar-refractivity contribution >= 4 is 114 Å². The standard InChI is InChI=1S/C52H31N3S/c1-2-13-36-32(11-1)12-9-17-37(36)33-23-25-34(26-24-33)53(46-20-10-22-49-50(46)42-16-5-8-21-48(42)56-49)35-27-30-45-47(31-35)55-44-19-7-4-15-39(44)41-29-28-40-38-14-3-6-18-43(38)54(45)51(40)52(41)55/h1-31H. The van der Waals surface area contributed by atoms with Gasteiger partial charge in [0.15, 0.2) is 0 Å². The van der Waals surface area contributed by atoms with Gasteiger partial charge in [0.2, 0.25) is 0 Å². The molecule has 260 valence electrons. The molecular weight excluding hydrogens is 699 g/mol. The number of anilines is 3. The molecule has 0 aliphatic carbocycles. The summed E-state index contributed by atoms with van der Waals surface area (Å²) in [7, 11) is 0. The zero-order valence-corrected chi connectivity index (χ0v) is 31.0. The molecule has 0 aliphatic heterocycles. The fourth-order valence-corrected chi connectivity index (χ4v) is 10.8. The molecule has 0 aliphatic rings. The first kappa shape index (κ1) is 30.2. The van der Waals surface area contributed by atoms with Crippen LogP contribution in [0.2, 0.25) is 0 Å². The van der Waals surface area contributed by atoms with Gasteiger partial charge in [-0.05, 0) is 82.6 Å². The van der Waals surface area contributed by atoms with Gasteiger partial charge in [0.05, 0.1) is 38.8 Å². The highest BCUT2D eigenvalue weighted by molar-refractivity contribution is 7.26. The third-order valence-electron chi connectivity index (χ3n) is 12.0. The number of benzene rings is 9. The molecule has 3 nitrogen and oxygen atoms in total. The summed E-state index contributed by atoms with van der Waals surface area (Å²) in [6, 6.07) is 69.5. The van der Waals surface area contributed by atoms with E-state index in [1.54, 1.807) is 0 Å². The van der Waals surface area contributed by atoms with Crippen LogP contribution in [0.3, 0.4) is 0 Å². The maximum atomic E-state index is 2.52. The average Bonchev–Trinajstić information content (AvgIpc) is 3.92. The lowest BCUT2D eigenvalue weighted by Crippen LogP contribution is -2.11. The molecule has 0 spiro atoms. The molecule has 56 heavy (non-hydrogen) atoms. The van der Waals surface area contributed by atoms with Crippen LogP contribution in [-0.4, -0.2) is 8.80 Å². The van der Waals surface area contributed by atoms with Gasteiger partial charge < -0.3 is 13.7 Å². The summed E-state index contributed by atoms with van der Waals surface area (Å²) in [5.41, 5.74) is 13.2. The number of hydrogen-bond acceptors (Lipinski definition) is 2. The van der Waals surface area contributed by atoms with E-state index >= 15 is 0 Å². The van der Waals surface area contributed by atoms with Crippen molar-refractivity contribution in [1.29, 1.82) is 0 Å². The topological polar surface area (TPSA) is 12.1 Å². The Morgan fingerprint density at radius 1 is 0.375 bits per heavy atom. The number of hydrogen-bond donors (Lipinski definition) is 0. The van der Waals surface area contributed by atoms with Crippen LogP contribution in [0, 0.1) is 0 Å². The van der Waals surface area contributed by atoms with Gasteiger partial charge in [-0.2, -0.15) is 0 Å². The SMILES string of the molecule is c1ccc2c(-c3ccc(N(c4ccc5c(c4)n4c6ccccc6c6ccc7c8ccccc8n5c7c64)c4cccc5sc6ccccc6c45)cc3)cccc2c1. The molecule has 0 bridgehead atoms. The molecule has 13 aromatic rings. The number of nitrogens with zero attached hydrogens (tertiary/aromatic N) is 3. The summed E-state index contributed by atoms with van der Waals surface area (Å²) in [5.74, 6) is 0. The summed E-state index contributed by atoms with van der Waals surface area (Å²) in [5, 5.41) is 10.2. The second-order valence-corrected chi connectivity index (χ2v) is 16.0. The second kappa shape index (κ2) is 11.2. The van der Waals surface area contributed by atoms with Crippen molar-refractivity contribution in [2.24, 2.45) is 0 Å². The van der Waals surface area contributed by atoms with Crippen LogP contribution in [-0.2, 0) is 0 Å². The van der Waals surface area contributed by atoms with Crippen molar-refractivity contribution in [1.82, 2.24) is 8.80 Å². The van der Waals surface area contributed by atoms with Gasteiger partial charge >= 0.3 is 0 Å². The molecule has 0 amide bonds. The van der Waals surface area contributed by atoms with Crippen LogP contribution in [0.15, 0.2) is 188 Å². The highest BCUT2D eigenvalue weighted by Crippen LogP contribution is 2.47. The first-order valence-corrected chi connectivity index (χ1v) is 20.0. The van der Waals surface area contributed by atoms with Crippen LogP contribution >= 0.6 is 11.3 Å². The largest absolute Gasteiger partial charge is 0.310 e. The lowest BCUT2D eigenvalue weighted by Gasteiger charge is -2.27. The molecule has 9 aromatic carbocycles. The lowest BCUT2D eigenvalue weighted by molar-refractivity contribution is 1.24. The van der Waals surface area contributed by atoms with E-state index in [-0.39, 0.29) is 0 Å². The van der Waals surface area contributed by atoms with Crippen molar-refractivity contribution in [3.63, 3.8) is 0 Å². The quantitative estimate of drug-likeness (QED) is 0.164. The maximum absolute atomic E-state index is 2.52. The van der Waals surface area contributed by atoms with Crippen LogP contribution < -0.4 is 4.90 Å². The summed E-state index contributed by atoms with van der Waals surface area (Å²) in [6.07, 6.45) is 0. The van der Waals surface area contributed by atoms with Crippen molar-refractivity contribution in [2.75, 3.05) is 4.90 Å². The minimum absolute atomic E-state index is 1.11. The normalized spacial score (nSPS) is 12.3. The Morgan fingerprint density at radius 2 is 0.964 bits per heavy atom. The van der Waals surface area contributed by atoms with E-state index in [0.717, 1.165) is 11.4 Å². The highest BCUT2D eigenvalue weighted by atomic mass is 32.1. The van der Waals surface area contributed by atoms with E-state index < -0.39 is 0 Å². The number of thiophene rings is 1. The Kier molecular flexibility index (Phi) is 6.04. The fourth-order valence-electron chi connectivity index (χ4n) is 9.66. The van der Waals surface area contributed by atoms with E-state index in [1.807, 2.05) is 11.3 Å². The van der Waals surface area contributed by atoms with E-state index in [9.17, 15) is 0 Å². The molecule has 0 fully saturated rings. The van der Waals surface area contributed by atoms with Crippen LogP contribution in [0.25, 0.3) is 96.7 Å². The molecule has 0 radical (unpaired) electrons. The Morgan fingerprint density at radius 3 is 1.73 bits per heavy atom. The van der Waals surface area contributed by atoms with Gasteiger partial charge in [0, 0.05) is 53.1 Å². The van der Waals surface area contributed by atoms with E-state index in [0.29, 0.717) is 0 Å². The highest BCUT2D eigenvalue weighted by Gasteiger charge is 2.24. The minimum Gasteiger partial charge on any atom is -0.310 e. The molecule has 4 heteroatoms. The molecule has 0 saturated heterocycles. The third kappa shape index (κ3) is 4.01. The van der Waals surface area contributed by atoms with Crippen LogP contribution in [0.1, 0.15) is 0 Å². The summed E-state index contributed by atoms with van der Waals surface area (Å²) in [6.45, 7) is 0. The van der Waals surface area contributed by atoms with E-state index in [1.165, 1.54) is 102 Å². The Labute approximate surface area is 325 Å². The van der Waals surface area contributed by atoms with E-state index in [4.69, 9.17) is 0 Å². The van der Waals surface area contributed by atoms with Gasteiger partial charge in [0.25, 0.3) is 0 Å². The molecule has 4 aromatic heterocycles. The number of rotatable bonds is 4. The number of para-hydroxylation sites is 2. The predicted octanol–water partition coefficient (Wildman–Crippen LogP) is 14.9. The van der Waals surface area contributed by atoms with Crippen molar-refractivity contribution in [2.45, 2.75) is 0 Å². The van der Waals surface area contributed by atoms with Gasteiger partial charge in [-0.1, -0.05) is 127 Å². The van der Waals surface area contributed by atoms with Gasteiger partial charge in [-0.25, -0.2) is 0 Å². The van der Waals surface area contributed by atoms with Crippen molar-refractivity contribution < 1.29 is 0 Å². The predicted molar refractivity (Wildman–Crippen MR) is 240 cm³/mol. The molecule has 0 saturated carbocycles. The monoisotopic (exact) mass is 729 g/mol. The minimum atomic E-state index is 1.11. The zero-order chi connectivity index (χ0) is 36.5. The maximum Gasteiger partial charge on any atom is 0.0789 e. The summed E-state index contributed by atoms with van der Waals surface area (Å²) >= 11 is 1.86. The number of fused-ring (bicyclic) bond motifs is 13. The van der Waals surface area contributed by atoms with Gasteiger partial charge in [-0.15, -0.1) is 11.3 Å². The molecular formula is C52H31N3S. The third-order valence-corrected chi connectivity index (χ3v) is 13.2. The summed E-state index contributed by atoms with van der Waals surface area (Å²) < 4.78 is 7.61. The first-order chi connectivity index (χ1) is 27.8. The smallest absolute Gasteiger partial charge is 0.0789 e. The Hall–Kier alpha value is -7.14. The Bertz CT molecular complexity index is 3710. The lowest BCUT2D eigenvalue weighted by atomic mass is 9.98. The molecule has 4 heterocycles. The fraction of sp³-hybridized carbons (Fsp3) is 0. The molecule has 0 unspecified atom stereocenters. The average molecular weight is 730 g/mol. The Balaban J connectivity index is 1.13. The van der Waals surface area contributed by atoms with Crippen LogP contribution in [0.4, 0.5) is 17.1 Å². The van der Waals surface area contributed by atoms with Gasteiger partial charge in [-0.3, -0.25) is 0 Å². The molecule has 0 N–H and O–H groups in total. The van der Waals surface area contributed by atoms with Gasteiger partial charge in [0.1, 0.15) is 0 Å². The van der Waals surface area contributed by atoms with E-state index in [2.05, 4.69) is 202 Å². The zero-order valence-electron chi connectivity index (χ0n) is 30.1. The second-order valence-electron chi connectivity index (χ2n) is 14.9. The number of aromatic nitrogens is 2. The molecule has 13 rings (SSSR count). The van der Waals surface area contributed by atoms with Crippen LogP contribution in [0.5, 0.6) is 0 Å².